The quantitative estimate of drug-likeness (QED) is 0.534. The minimum Gasteiger partial charge on any atom is -0.353 e. The monoisotopic (exact) mass is 196 g/mol. The van der Waals surface area contributed by atoms with E-state index in [0.29, 0.717) is 6.61 Å². The number of ether oxygens (including phenoxy) is 2. The molecule has 12 heavy (non-hydrogen) atoms. The number of hydrogen-bond acceptors (Lipinski definition) is 4. The first kappa shape index (κ1) is 10.2. The fraction of sp³-hybridized carbons (Fsp3) is 1.00. The smallest absolute Gasteiger partial charge is 0.318 e. The summed E-state index contributed by atoms with van der Waals surface area (Å²) in [7, 11) is -2.87. The predicted octanol–water partition coefficient (Wildman–Crippen LogP) is 0.886. The Bertz CT molecular complexity index is 145. The summed E-state index contributed by atoms with van der Waals surface area (Å²) in [6, 6.07) is 0. The van der Waals surface area contributed by atoms with E-state index in [-0.39, 0.29) is 13.1 Å². The van der Waals surface area contributed by atoms with Crippen molar-refractivity contribution in [1.82, 2.24) is 0 Å². The lowest BCUT2D eigenvalue weighted by molar-refractivity contribution is -0.190. The highest BCUT2D eigenvalue weighted by Crippen LogP contribution is 2.17. The first-order chi connectivity index (χ1) is 5.79. The molecule has 0 radical (unpaired) electrons. The average molecular weight is 196 g/mol. The van der Waals surface area contributed by atoms with Crippen LogP contribution >= 0.6 is 8.25 Å². The Labute approximate surface area is 71.6 Å². The standard InChI is InChI=1S/C6H13O5P/c7-12(8)11-5-10-6-3-1-2-4-9-6/h6,12H,1-5H2,(H,7,8). The van der Waals surface area contributed by atoms with E-state index in [4.69, 9.17) is 14.4 Å². The van der Waals surface area contributed by atoms with Gasteiger partial charge in [0, 0.05) is 6.61 Å². The molecule has 0 aliphatic carbocycles. The molecular weight excluding hydrogens is 183 g/mol. The lowest BCUT2D eigenvalue weighted by Crippen LogP contribution is -2.22. The second kappa shape index (κ2) is 5.67. The van der Waals surface area contributed by atoms with Gasteiger partial charge in [0.25, 0.3) is 0 Å². The van der Waals surface area contributed by atoms with Crippen LogP contribution in [0.25, 0.3) is 0 Å². The molecule has 0 aromatic rings. The van der Waals surface area contributed by atoms with E-state index in [1.807, 2.05) is 0 Å². The zero-order valence-corrected chi connectivity index (χ0v) is 7.69. The number of rotatable bonds is 4. The third kappa shape index (κ3) is 4.18. The molecule has 0 bridgehead atoms. The van der Waals surface area contributed by atoms with Crippen molar-refractivity contribution >= 4 is 8.25 Å². The minimum atomic E-state index is -2.87. The van der Waals surface area contributed by atoms with Crippen molar-refractivity contribution in [2.75, 3.05) is 13.4 Å². The SMILES string of the molecule is O=[PH](O)OCOC1CCCCO1. The maximum absolute atomic E-state index is 10.1. The van der Waals surface area contributed by atoms with Gasteiger partial charge in [-0.25, -0.2) is 0 Å². The molecular formula is C6H13O5P. The van der Waals surface area contributed by atoms with Gasteiger partial charge in [-0.2, -0.15) is 0 Å². The molecule has 2 atom stereocenters. The minimum absolute atomic E-state index is 0.168. The van der Waals surface area contributed by atoms with Crippen LogP contribution < -0.4 is 0 Å². The molecule has 1 heterocycles. The number of hydrogen-bond donors (Lipinski definition) is 1. The van der Waals surface area contributed by atoms with Crippen LogP contribution in [0.2, 0.25) is 0 Å². The van der Waals surface area contributed by atoms with Crippen LogP contribution in [0.3, 0.4) is 0 Å². The van der Waals surface area contributed by atoms with Gasteiger partial charge in [-0.3, -0.25) is 9.09 Å². The van der Waals surface area contributed by atoms with E-state index < -0.39 is 8.25 Å². The van der Waals surface area contributed by atoms with Crippen molar-refractivity contribution in [3.05, 3.63) is 0 Å². The molecule has 1 N–H and O–H groups in total. The fourth-order valence-electron chi connectivity index (χ4n) is 1.00. The third-order valence-electron chi connectivity index (χ3n) is 1.57. The molecule has 5 nitrogen and oxygen atoms in total. The Morgan fingerprint density at radius 1 is 1.58 bits per heavy atom. The first-order valence-corrected chi connectivity index (χ1v) is 5.14. The average Bonchev–Trinajstić information content (AvgIpc) is 2.05. The molecule has 0 spiro atoms. The molecule has 2 unspecified atom stereocenters. The molecule has 0 aromatic carbocycles. The summed E-state index contributed by atoms with van der Waals surface area (Å²) in [5.74, 6) is 0. The molecule has 1 aliphatic rings. The Balaban J connectivity index is 2.01. The Kier molecular flexibility index (Phi) is 4.80. The van der Waals surface area contributed by atoms with Gasteiger partial charge in [-0.15, -0.1) is 0 Å². The second-order valence-electron chi connectivity index (χ2n) is 2.49. The van der Waals surface area contributed by atoms with Gasteiger partial charge in [0.1, 0.15) is 0 Å². The van der Waals surface area contributed by atoms with Gasteiger partial charge in [-0.1, -0.05) is 0 Å². The molecule has 0 saturated carbocycles. The molecule has 0 aromatic heterocycles. The van der Waals surface area contributed by atoms with Crippen LogP contribution in [-0.4, -0.2) is 24.6 Å². The summed E-state index contributed by atoms with van der Waals surface area (Å²) < 4.78 is 24.6. The van der Waals surface area contributed by atoms with Crippen LogP contribution in [0.1, 0.15) is 19.3 Å². The summed E-state index contributed by atoms with van der Waals surface area (Å²) in [5, 5.41) is 0. The topological polar surface area (TPSA) is 65.0 Å². The lowest BCUT2D eigenvalue weighted by atomic mass is 10.2. The Morgan fingerprint density at radius 2 is 2.42 bits per heavy atom. The van der Waals surface area contributed by atoms with E-state index in [2.05, 4.69) is 4.52 Å². The molecule has 1 saturated heterocycles. The highest BCUT2D eigenvalue weighted by atomic mass is 31.1. The summed E-state index contributed by atoms with van der Waals surface area (Å²) in [4.78, 5) is 8.29. The van der Waals surface area contributed by atoms with E-state index >= 15 is 0 Å². The second-order valence-corrected chi connectivity index (χ2v) is 3.31. The highest BCUT2D eigenvalue weighted by molar-refractivity contribution is 7.32. The van der Waals surface area contributed by atoms with Crippen LogP contribution in [0.5, 0.6) is 0 Å². The van der Waals surface area contributed by atoms with Gasteiger partial charge < -0.3 is 14.4 Å². The maximum atomic E-state index is 10.1. The summed E-state index contributed by atoms with van der Waals surface area (Å²) in [6.45, 7) is 0.526. The zero-order chi connectivity index (χ0) is 8.81. The van der Waals surface area contributed by atoms with Gasteiger partial charge in [0.05, 0.1) is 0 Å². The van der Waals surface area contributed by atoms with Gasteiger partial charge in [0.2, 0.25) is 0 Å². The largest absolute Gasteiger partial charge is 0.353 e. The normalized spacial score (nSPS) is 26.9. The zero-order valence-electron chi connectivity index (χ0n) is 6.69. The molecule has 1 aliphatic heterocycles. The van der Waals surface area contributed by atoms with E-state index in [1.54, 1.807) is 0 Å². The van der Waals surface area contributed by atoms with Crippen molar-refractivity contribution in [1.29, 1.82) is 0 Å². The molecule has 1 rings (SSSR count). The Hall–Kier alpha value is 0.0700. The summed E-state index contributed by atoms with van der Waals surface area (Å²) in [5.41, 5.74) is 0. The summed E-state index contributed by atoms with van der Waals surface area (Å²) >= 11 is 0. The third-order valence-corrected chi connectivity index (χ3v) is 1.94. The lowest BCUT2D eigenvalue weighted by Gasteiger charge is -2.21. The molecule has 72 valence electrons. The van der Waals surface area contributed by atoms with Crippen molar-refractivity contribution in [2.24, 2.45) is 0 Å². The predicted molar refractivity (Wildman–Crippen MR) is 41.8 cm³/mol. The van der Waals surface area contributed by atoms with Gasteiger partial charge >= 0.3 is 8.25 Å². The van der Waals surface area contributed by atoms with Crippen molar-refractivity contribution in [3.63, 3.8) is 0 Å². The van der Waals surface area contributed by atoms with Crippen LogP contribution in [0, 0.1) is 0 Å². The maximum Gasteiger partial charge on any atom is 0.318 e. The van der Waals surface area contributed by atoms with Crippen molar-refractivity contribution in [3.8, 4) is 0 Å². The van der Waals surface area contributed by atoms with Crippen molar-refractivity contribution < 1.29 is 23.5 Å². The van der Waals surface area contributed by atoms with Crippen LogP contribution in [0.15, 0.2) is 0 Å². The van der Waals surface area contributed by atoms with E-state index in [0.717, 1.165) is 19.3 Å². The van der Waals surface area contributed by atoms with Crippen LogP contribution in [-0.2, 0) is 18.6 Å². The first-order valence-electron chi connectivity index (χ1n) is 3.88. The molecule has 6 heteroatoms. The molecule has 0 amide bonds. The van der Waals surface area contributed by atoms with Crippen molar-refractivity contribution in [2.45, 2.75) is 25.6 Å². The highest BCUT2D eigenvalue weighted by Gasteiger charge is 2.13. The fourth-order valence-corrected chi connectivity index (χ4v) is 1.17. The van der Waals surface area contributed by atoms with Crippen LogP contribution in [0.4, 0.5) is 0 Å². The summed E-state index contributed by atoms with van der Waals surface area (Å²) in [6.07, 6.45) is 2.69. The van der Waals surface area contributed by atoms with E-state index in [9.17, 15) is 4.57 Å². The van der Waals surface area contributed by atoms with Gasteiger partial charge in [0.15, 0.2) is 13.1 Å². The van der Waals surface area contributed by atoms with Gasteiger partial charge in [-0.05, 0) is 19.3 Å². The molecule has 1 fully saturated rings. The Morgan fingerprint density at radius 3 is 3.00 bits per heavy atom. The van der Waals surface area contributed by atoms with E-state index in [1.165, 1.54) is 0 Å².